The van der Waals surface area contributed by atoms with Gasteiger partial charge in [-0.1, -0.05) is 0 Å². The van der Waals surface area contributed by atoms with Crippen LogP contribution in [0.1, 0.15) is 36.0 Å². The first-order valence-corrected chi connectivity index (χ1v) is 7.16. The number of hydrogen-bond donors (Lipinski definition) is 3. The number of carbonyl (C=O) groups excluding carboxylic acids is 2. The third-order valence-electron chi connectivity index (χ3n) is 3.76. The minimum atomic E-state index is -0.653. The highest BCUT2D eigenvalue weighted by atomic mass is 35.5. The van der Waals surface area contributed by atoms with Crippen LogP contribution in [0.3, 0.4) is 0 Å². The SMILES string of the molecule is Cl.NC(=O)c1ccc(F)c(NC(=O)CCC2CCNCC2)c1. The highest BCUT2D eigenvalue weighted by Crippen LogP contribution is 2.20. The zero-order valence-corrected chi connectivity index (χ0v) is 13.0. The van der Waals surface area contributed by atoms with Crippen molar-refractivity contribution in [2.24, 2.45) is 11.7 Å². The molecule has 0 spiro atoms. The van der Waals surface area contributed by atoms with E-state index in [0.717, 1.165) is 38.4 Å². The number of primary amides is 1. The first-order valence-electron chi connectivity index (χ1n) is 7.16. The van der Waals surface area contributed by atoms with Gasteiger partial charge in [0.25, 0.3) is 0 Å². The van der Waals surface area contributed by atoms with E-state index in [9.17, 15) is 14.0 Å². The Bertz CT molecular complexity index is 534. The lowest BCUT2D eigenvalue weighted by atomic mass is 9.93. The monoisotopic (exact) mass is 329 g/mol. The Morgan fingerprint density at radius 3 is 2.64 bits per heavy atom. The lowest BCUT2D eigenvalue weighted by Crippen LogP contribution is -2.28. The Labute approximate surface area is 135 Å². The van der Waals surface area contributed by atoms with E-state index in [1.165, 1.54) is 12.1 Å². The van der Waals surface area contributed by atoms with E-state index in [1.807, 2.05) is 0 Å². The number of hydrogen-bond acceptors (Lipinski definition) is 3. The molecule has 0 bridgehead atoms. The van der Waals surface area contributed by atoms with E-state index in [-0.39, 0.29) is 29.6 Å². The van der Waals surface area contributed by atoms with Gasteiger partial charge >= 0.3 is 0 Å². The topological polar surface area (TPSA) is 84.2 Å². The van der Waals surface area contributed by atoms with Crippen molar-refractivity contribution in [1.29, 1.82) is 0 Å². The van der Waals surface area contributed by atoms with E-state index in [0.29, 0.717) is 12.3 Å². The van der Waals surface area contributed by atoms with Crippen LogP contribution in [-0.2, 0) is 4.79 Å². The first kappa shape index (κ1) is 18.4. The number of nitrogens with one attached hydrogen (secondary N) is 2. The van der Waals surface area contributed by atoms with Gasteiger partial charge < -0.3 is 16.4 Å². The van der Waals surface area contributed by atoms with E-state index in [1.54, 1.807) is 0 Å². The molecule has 0 unspecified atom stereocenters. The minimum absolute atomic E-state index is 0. The summed E-state index contributed by atoms with van der Waals surface area (Å²) in [6.45, 7) is 1.98. The van der Waals surface area contributed by atoms with Crippen LogP contribution in [0.25, 0.3) is 0 Å². The summed E-state index contributed by atoms with van der Waals surface area (Å²) in [5.41, 5.74) is 5.31. The van der Waals surface area contributed by atoms with Gasteiger partial charge in [-0.25, -0.2) is 4.39 Å². The largest absolute Gasteiger partial charge is 0.366 e. The summed E-state index contributed by atoms with van der Waals surface area (Å²) in [5, 5.41) is 5.78. The smallest absolute Gasteiger partial charge is 0.248 e. The molecular weight excluding hydrogens is 309 g/mol. The highest BCUT2D eigenvalue weighted by Gasteiger charge is 2.15. The second-order valence-electron chi connectivity index (χ2n) is 5.34. The van der Waals surface area contributed by atoms with Crippen LogP contribution < -0.4 is 16.4 Å². The zero-order chi connectivity index (χ0) is 15.2. The molecule has 5 nitrogen and oxygen atoms in total. The maximum atomic E-state index is 13.6. The van der Waals surface area contributed by atoms with Gasteiger partial charge in [-0.3, -0.25) is 9.59 Å². The van der Waals surface area contributed by atoms with Gasteiger partial charge in [-0.05, 0) is 56.5 Å². The minimum Gasteiger partial charge on any atom is -0.366 e. The molecular formula is C15H21ClFN3O2. The van der Waals surface area contributed by atoms with Crippen LogP contribution in [0.5, 0.6) is 0 Å². The lowest BCUT2D eigenvalue weighted by Gasteiger charge is -2.22. The Hall–Kier alpha value is -1.66. The molecule has 22 heavy (non-hydrogen) atoms. The molecule has 4 N–H and O–H groups in total. The van der Waals surface area contributed by atoms with E-state index in [2.05, 4.69) is 10.6 Å². The number of carbonyl (C=O) groups is 2. The van der Waals surface area contributed by atoms with Gasteiger partial charge in [-0.2, -0.15) is 0 Å². The van der Waals surface area contributed by atoms with Crippen molar-refractivity contribution >= 4 is 29.9 Å². The average molecular weight is 330 g/mol. The van der Waals surface area contributed by atoms with Crippen LogP contribution in [0.4, 0.5) is 10.1 Å². The molecule has 1 aromatic rings. The van der Waals surface area contributed by atoms with Crippen LogP contribution in [0.15, 0.2) is 18.2 Å². The number of benzene rings is 1. The molecule has 0 aromatic heterocycles. The number of piperidine rings is 1. The molecule has 1 saturated heterocycles. The summed E-state index contributed by atoms with van der Waals surface area (Å²) in [6.07, 6.45) is 3.28. The van der Waals surface area contributed by atoms with Crippen molar-refractivity contribution in [1.82, 2.24) is 5.32 Å². The van der Waals surface area contributed by atoms with Crippen molar-refractivity contribution < 1.29 is 14.0 Å². The van der Waals surface area contributed by atoms with Crippen LogP contribution in [0, 0.1) is 11.7 Å². The predicted octanol–water partition coefficient (Wildman–Crippen LogP) is 2.06. The summed E-state index contributed by atoms with van der Waals surface area (Å²) in [5.74, 6) is -0.928. The predicted molar refractivity (Wildman–Crippen MR) is 85.6 cm³/mol. The van der Waals surface area contributed by atoms with E-state index < -0.39 is 11.7 Å². The Morgan fingerprint density at radius 1 is 1.32 bits per heavy atom. The quantitative estimate of drug-likeness (QED) is 0.773. The second-order valence-corrected chi connectivity index (χ2v) is 5.34. The van der Waals surface area contributed by atoms with Crippen LogP contribution in [0.2, 0.25) is 0 Å². The lowest BCUT2D eigenvalue weighted by molar-refractivity contribution is -0.116. The van der Waals surface area contributed by atoms with Crippen LogP contribution in [-0.4, -0.2) is 24.9 Å². The molecule has 1 aliphatic rings. The molecule has 1 aliphatic heterocycles. The summed E-state index contributed by atoms with van der Waals surface area (Å²) in [6, 6.07) is 3.69. The summed E-state index contributed by atoms with van der Waals surface area (Å²) >= 11 is 0. The van der Waals surface area contributed by atoms with Gasteiger partial charge in [0.05, 0.1) is 5.69 Å². The highest BCUT2D eigenvalue weighted by molar-refractivity contribution is 5.96. The summed E-state index contributed by atoms with van der Waals surface area (Å²) in [4.78, 5) is 22.9. The molecule has 1 fully saturated rings. The van der Waals surface area contributed by atoms with Crippen molar-refractivity contribution in [2.45, 2.75) is 25.7 Å². The van der Waals surface area contributed by atoms with Gasteiger partial charge in [0.1, 0.15) is 5.82 Å². The zero-order valence-electron chi connectivity index (χ0n) is 12.2. The molecule has 0 aliphatic carbocycles. The molecule has 0 atom stereocenters. The molecule has 0 saturated carbocycles. The third kappa shape index (κ3) is 5.27. The molecule has 2 amide bonds. The van der Waals surface area contributed by atoms with Crippen molar-refractivity contribution in [3.8, 4) is 0 Å². The molecule has 122 valence electrons. The van der Waals surface area contributed by atoms with Gasteiger partial charge in [0.2, 0.25) is 11.8 Å². The first-order chi connectivity index (χ1) is 10.1. The van der Waals surface area contributed by atoms with Gasteiger partial charge in [-0.15, -0.1) is 12.4 Å². The fourth-order valence-corrected chi connectivity index (χ4v) is 2.49. The average Bonchev–Trinajstić information content (AvgIpc) is 2.48. The molecule has 7 heteroatoms. The maximum Gasteiger partial charge on any atom is 0.248 e. The number of anilines is 1. The molecule has 2 rings (SSSR count). The van der Waals surface area contributed by atoms with Crippen molar-refractivity contribution in [3.63, 3.8) is 0 Å². The third-order valence-corrected chi connectivity index (χ3v) is 3.76. The number of halogens is 2. The van der Waals surface area contributed by atoms with Crippen LogP contribution >= 0.6 is 12.4 Å². The standard InChI is InChI=1S/C15H20FN3O2.ClH/c16-12-3-2-11(15(17)21)9-13(12)19-14(20)4-1-10-5-7-18-8-6-10;/h2-3,9-10,18H,1,4-8H2,(H2,17,21)(H,19,20);1H. The Kier molecular flexibility index (Phi) is 7.27. The molecule has 1 aromatic carbocycles. The van der Waals surface area contributed by atoms with Gasteiger partial charge in [0, 0.05) is 12.0 Å². The molecule has 0 radical (unpaired) electrons. The van der Waals surface area contributed by atoms with Crippen molar-refractivity contribution in [3.05, 3.63) is 29.6 Å². The molecule has 1 heterocycles. The second kappa shape index (κ2) is 8.70. The van der Waals surface area contributed by atoms with E-state index in [4.69, 9.17) is 5.73 Å². The van der Waals surface area contributed by atoms with E-state index >= 15 is 0 Å². The fraction of sp³-hybridized carbons (Fsp3) is 0.467. The number of amides is 2. The fourth-order valence-electron chi connectivity index (χ4n) is 2.49. The maximum absolute atomic E-state index is 13.6. The number of rotatable bonds is 5. The van der Waals surface area contributed by atoms with Gasteiger partial charge in [0.15, 0.2) is 0 Å². The van der Waals surface area contributed by atoms with Crippen molar-refractivity contribution in [2.75, 3.05) is 18.4 Å². The number of nitrogens with two attached hydrogens (primary N) is 1. The Balaban J connectivity index is 0.00000242. The summed E-state index contributed by atoms with van der Waals surface area (Å²) < 4.78 is 13.6. The summed E-state index contributed by atoms with van der Waals surface area (Å²) in [7, 11) is 0. The normalized spacial score (nSPS) is 15.0. The Morgan fingerprint density at radius 2 is 2.00 bits per heavy atom.